The Balaban J connectivity index is 1.77. The normalized spacial score (nSPS) is 29.0. The molecular formula is C14H27N3O. The molecule has 0 saturated carbocycles. The number of amides is 1. The van der Waals surface area contributed by atoms with Crippen LogP contribution in [-0.2, 0) is 4.79 Å². The quantitative estimate of drug-likeness (QED) is 0.785. The van der Waals surface area contributed by atoms with Gasteiger partial charge in [0.1, 0.15) is 0 Å². The molecule has 104 valence electrons. The molecular weight excluding hydrogens is 226 g/mol. The second kappa shape index (κ2) is 6.53. The summed E-state index contributed by atoms with van der Waals surface area (Å²) in [7, 11) is 0. The fraction of sp³-hybridized carbons (Fsp3) is 0.929. The van der Waals surface area contributed by atoms with Crippen molar-refractivity contribution in [2.24, 2.45) is 5.92 Å². The van der Waals surface area contributed by atoms with Crippen molar-refractivity contribution in [3.05, 3.63) is 0 Å². The van der Waals surface area contributed by atoms with Crippen molar-refractivity contribution < 1.29 is 4.79 Å². The second-order valence-electron chi connectivity index (χ2n) is 5.71. The predicted molar refractivity (Wildman–Crippen MR) is 73.5 cm³/mol. The van der Waals surface area contributed by atoms with E-state index in [9.17, 15) is 4.79 Å². The lowest BCUT2D eigenvalue weighted by atomic mass is 9.89. The summed E-state index contributed by atoms with van der Waals surface area (Å²) >= 11 is 0. The highest BCUT2D eigenvalue weighted by atomic mass is 16.2. The summed E-state index contributed by atoms with van der Waals surface area (Å²) in [5.74, 6) is 0.918. The van der Waals surface area contributed by atoms with Crippen LogP contribution in [0.15, 0.2) is 0 Å². The van der Waals surface area contributed by atoms with E-state index in [1.807, 2.05) is 0 Å². The van der Waals surface area contributed by atoms with Crippen molar-refractivity contribution in [2.75, 3.05) is 26.2 Å². The predicted octanol–water partition coefficient (Wildman–Crippen LogP) is 0.975. The van der Waals surface area contributed by atoms with Crippen LogP contribution in [0.25, 0.3) is 0 Å². The third-order valence-electron chi connectivity index (χ3n) is 4.54. The van der Waals surface area contributed by atoms with Gasteiger partial charge in [0.25, 0.3) is 0 Å². The maximum Gasteiger partial charge on any atom is 0.237 e. The summed E-state index contributed by atoms with van der Waals surface area (Å²) in [5, 5.41) is 6.49. The van der Waals surface area contributed by atoms with Gasteiger partial charge in [-0.15, -0.1) is 0 Å². The van der Waals surface area contributed by atoms with Gasteiger partial charge in [0.15, 0.2) is 0 Å². The topological polar surface area (TPSA) is 44.4 Å². The zero-order valence-electron chi connectivity index (χ0n) is 11.7. The number of likely N-dealkylation sites (tertiary alicyclic amines) is 1. The Morgan fingerprint density at radius 1 is 1.39 bits per heavy atom. The molecule has 18 heavy (non-hydrogen) atoms. The summed E-state index contributed by atoms with van der Waals surface area (Å²) in [4.78, 5) is 14.2. The molecule has 2 rings (SSSR count). The number of piperidine rings is 2. The minimum Gasteiger partial charge on any atom is -0.355 e. The molecule has 0 aromatic heterocycles. The third kappa shape index (κ3) is 3.45. The zero-order chi connectivity index (χ0) is 13.0. The standard InChI is InChI=1S/C14H27N3O/c1-3-17-9-6-12(7-10-17)11(2)16-13-5-4-8-15-14(13)18/h11-13,16H,3-10H2,1-2H3,(H,15,18). The highest BCUT2D eigenvalue weighted by Gasteiger charge is 2.28. The fourth-order valence-electron chi connectivity index (χ4n) is 3.15. The van der Waals surface area contributed by atoms with E-state index in [1.165, 1.54) is 32.5 Å². The number of carbonyl (C=O) groups is 1. The summed E-state index contributed by atoms with van der Waals surface area (Å²) < 4.78 is 0. The van der Waals surface area contributed by atoms with Crippen molar-refractivity contribution in [1.82, 2.24) is 15.5 Å². The number of nitrogens with one attached hydrogen (secondary N) is 2. The lowest BCUT2D eigenvalue weighted by Gasteiger charge is -2.36. The number of carbonyl (C=O) groups excluding carboxylic acids is 1. The van der Waals surface area contributed by atoms with E-state index in [-0.39, 0.29) is 11.9 Å². The first-order chi connectivity index (χ1) is 8.70. The Labute approximate surface area is 110 Å². The Bertz CT molecular complexity index is 274. The number of hydrogen-bond acceptors (Lipinski definition) is 3. The molecule has 0 radical (unpaired) electrons. The second-order valence-corrected chi connectivity index (χ2v) is 5.71. The van der Waals surface area contributed by atoms with Crippen molar-refractivity contribution in [3.63, 3.8) is 0 Å². The number of hydrogen-bond donors (Lipinski definition) is 2. The van der Waals surface area contributed by atoms with Crippen LogP contribution >= 0.6 is 0 Å². The van der Waals surface area contributed by atoms with Gasteiger partial charge >= 0.3 is 0 Å². The van der Waals surface area contributed by atoms with Crippen LogP contribution in [0.5, 0.6) is 0 Å². The Morgan fingerprint density at radius 2 is 2.11 bits per heavy atom. The van der Waals surface area contributed by atoms with Gasteiger partial charge in [-0.25, -0.2) is 0 Å². The molecule has 4 heteroatoms. The molecule has 2 aliphatic heterocycles. The van der Waals surface area contributed by atoms with Crippen LogP contribution in [0.4, 0.5) is 0 Å². The largest absolute Gasteiger partial charge is 0.355 e. The molecule has 2 heterocycles. The molecule has 1 amide bonds. The van der Waals surface area contributed by atoms with Crippen molar-refractivity contribution in [1.29, 1.82) is 0 Å². The van der Waals surface area contributed by atoms with Gasteiger partial charge < -0.3 is 15.5 Å². The van der Waals surface area contributed by atoms with E-state index in [2.05, 4.69) is 29.4 Å². The Hall–Kier alpha value is -0.610. The summed E-state index contributed by atoms with van der Waals surface area (Å²) in [6, 6.07) is 0.496. The molecule has 0 bridgehead atoms. The van der Waals surface area contributed by atoms with Gasteiger partial charge in [0.2, 0.25) is 5.91 Å². The SMILES string of the molecule is CCN1CCC(C(C)NC2CCCNC2=O)CC1. The van der Waals surface area contributed by atoms with Crippen LogP contribution in [0.3, 0.4) is 0 Å². The maximum absolute atomic E-state index is 11.7. The van der Waals surface area contributed by atoms with E-state index in [4.69, 9.17) is 0 Å². The highest BCUT2D eigenvalue weighted by molar-refractivity contribution is 5.82. The van der Waals surface area contributed by atoms with Crippen molar-refractivity contribution in [3.8, 4) is 0 Å². The number of nitrogens with zero attached hydrogens (tertiary/aromatic N) is 1. The van der Waals surface area contributed by atoms with E-state index in [0.29, 0.717) is 6.04 Å². The average molecular weight is 253 g/mol. The summed E-state index contributed by atoms with van der Waals surface area (Å²) in [6.45, 7) is 8.91. The molecule has 2 saturated heterocycles. The van der Waals surface area contributed by atoms with Gasteiger partial charge in [0.05, 0.1) is 6.04 Å². The van der Waals surface area contributed by atoms with Gasteiger partial charge in [-0.1, -0.05) is 6.92 Å². The Kier molecular flexibility index (Phi) is 5.01. The smallest absolute Gasteiger partial charge is 0.237 e. The molecule has 0 aliphatic carbocycles. The first kappa shape index (κ1) is 13.8. The first-order valence-electron chi connectivity index (χ1n) is 7.46. The van der Waals surface area contributed by atoms with Gasteiger partial charge in [-0.2, -0.15) is 0 Å². The summed E-state index contributed by atoms with van der Waals surface area (Å²) in [6.07, 6.45) is 4.61. The van der Waals surface area contributed by atoms with Gasteiger partial charge in [-0.3, -0.25) is 4.79 Å². The molecule has 2 atom stereocenters. The van der Waals surface area contributed by atoms with Crippen LogP contribution in [-0.4, -0.2) is 49.1 Å². The minimum atomic E-state index is 0.0398. The Morgan fingerprint density at radius 3 is 2.72 bits per heavy atom. The molecule has 2 fully saturated rings. The van der Waals surface area contributed by atoms with E-state index in [0.717, 1.165) is 25.3 Å². The van der Waals surface area contributed by atoms with E-state index in [1.54, 1.807) is 0 Å². The molecule has 2 unspecified atom stereocenters. The van der Waals surface area contributed by atoms with Crippen LogP contribution < -0.4 is 10.6 Å². The van der Waals surface area contributed by atoms with E-state index < -0.39 is 0 Å². The molecule has 0 aromatic rings. The zero-order valence-corrected chi connectivity index (χ0v) is 11.7. The van der Waals surface area contributed by atoms with E-state index >= 15 is 0 Å². The van der Waals surface area contributed by atoms with Crippen LogP contribution in [0.1, 0.15) is 39.5 Å². The molecule has 2 aliphatic rings. The summed E-state index contributed by atoms with van der Waals surface area (Å²) in [5.41, 5.74) is 0. The van der Waals surface area contributed by atoms with Gasteiger partial charge in [0, 0.05) is 12.6 Å². The monoisotopic (exact) mass is 253 g/mol. The van der Waals surface area contributed by atoms with Gasteiger partial charge in [-0.05, 0) is 58.2 Å². The molecule has 0 aromatic carbocycles. The molecule has 2 N–H and O–H groups in total. The highest BCUT2D eigenvalue weighted by Crippen LogP contribution is 2.21. The lowest BCUT2D eigenvalue weighted by molar-refractivity contribution is -0.124. The molecule has 4 nitrogen and oxygen atoms in total. The number of rotatable bonds is 4. The van der Waals surface area contributed by atoms with Crippen LogP contribution in [0, 0.1) is 5.92 Å². The van der Waals surface area contributed by atoms with Crippen LogP contribution in [0.2, 0.25) is 0 Å². The average Bonchev–Trinajstić information content (AvgIpc) is 2.41. The third-order valence-corrected chi connectivity index (χ3v) is 4.54. The lowest BCUT2D eigenvalue weighted by Crippen LogP contribution is -2.53. The minimum absolute atomic E-state index is 0.0398. The van der Waals surface area contributed by atoms with Crippen molar-refractivity contribution in [2.45, 2.75) is 51.6 Å². The first-order valence-corrected chi connectivity index (χ1v) is 7.46. The van der Waals surface area contributed by atoms with Crippen molar-refractivity contribution >= 4 is 5.91 Å². The fourth-order valence-corrected chi connectivity index (χ4v) is 3.15. The maximum atomic E-state index is 11.7. The molecule has 0 spiro atoms.